The van der Waals surface area contributed by atoms with E-state index in [-0.39, 0.29) is 5.60 Å². The van der Waals surface area contributed by atoms with Crippen molar-refractivity contribution in [1.82, 2.24) is 4.90 Å². The van der Waals surface area contributed by atoms with E-state index in [1.165, 1.54) is 17.5 Å². The first kappa shape index (κ1) is 13.9. The van der Waals surface area contributed by atoms with Crippen molar-refractivity contribution in [3.8, 4) is 5.75 Å². The Morgan fingerprint density at radius 2 is 2.20 bits per heavy atom. The van der Waals surface area contributed by atoms with Gasteiger partial charge in [-0.2, -0.15) is 0 Å². The Bertz CT molecular complexity index is 498. The maximum Gasteiger partial charge on any atom is 0.127 e. The molecule has 2 aliphatic heterocycles. The number of hydrogen-bond donors (Lipinski definition) is 1. The molecule has 2 unspecified atom stereocenters. The number of benzene rings is 1. The van der Waals surface area contributed by atoms with E-state index < -0.39 is 0 Å². The smallest absolute Gasteiger partial charge is 0.127 e. The summed E-state index contributed by atoms with van der Waals surface area (Å²) >= 11 is 0. The topological polar surface area (TPSA) is 38.5 Å². The van der Waals surface area contributed by atoms with Crippen molar-refractivity contribution in [1.29, 1.82) is 0 Å². The van der Waals surface area contributed by atoms with Gasteiger partial charge in [-0.25, -0.2) is 0 Å². The number of ether oxygens (including phenoxy) is 1. The minimum atomic E-state index is -0.0607. The highest BCUT2D eigenvalue weighted by molar-refractivity contribution is 5.45. The lowest BCUT2D eigenvalue weighted by Gasteiger charge is -2.23. The lowest BCUT2D eigenvalue weighted by atomic mass is 10.0. The van der Waals surface area contributed by atoms with Crippen molar-refractivity contribution in [2.24, 2.45) is 11.7 Å². The van der Waals surface area contributed by atoms with Gasteiger partial charge in [0, 0.05) is 31.1 Å². The number of fused-ring (bicyclic) bond motifs is 1. The van der Waals surface area contributed by atoms with Gasteiger partial charge < -0.3 is 10.5 Å². The largest absolute Gasteiger partial charge is 0.487 e. The third-order valence-electron chi connectivity index (χ3n) is 4.67. The first-order valence-corrected chi connectivity index (χ1v) is 7.72. The van der Waals surface area contributed by atoms with Gasteiger partial charge in [-0.1, -0.05) is 18.2 Å². The van der Waals surface area contributed by atoms with Crippen LogP contribution in [0.15, 0.2) is 18.2 Å². The highest BCUT2D eigenvalue weighted by Gasteiger charge is 2.33. The number of nitrogens with two attached hydrogens (primary N) is 1. The van der Waals surface area contributed by atoms with E-state index in [0.29, 0.717) is 12.0 Å². The second-order valence-electron chi connectivity index (χ2n) is 7.06. The van der Waals surface area contributed by atoms with Gasteiger partial charge in [-0.15, -0.1) is 0 Å². The monoisotopic (exact) mass is 274 g/mol. The fourth-order valence-electron chi connectivity index (χ4n) is 3.63. The summed E-state index contributed by atoms with van der Waals surface area (Å²) in [5.41, 5.74) is 8.45. The Balaban J connectivity index is 1.78. The summed E-state index contributed by atoms with van der Waals surface area (Å²) in [5.74, 6) is 1.78. The minimum absolute atomic E-state index is 0.0607. The van der Waals surface area contributed by atoms with Gasteiger partial charge in [-0.05, 0) is 45.2 Å². The van der Waals surface area contributed by atoms with E-state index in [0.717, 1.165) is 31.8 Å². The van der Waals surface area contributed by atoms with Gasteiger partial charge in [0.1, 0.15) is 11.4 Å². The van der Waals surface area contributed by atoms with E-state index in [1.54, 1.807) is 0 Å². The highest BCUT2D eigenvalue weighted by Crippen LogP contribution is 2.38. The Morgan fingerprint density at radius 3 is 2.90 bits per heavy atom. The molecule has 2 atom stereocenters. The molecular weight excluding hydrogens is 248 g/mol. The zero-order valence-electron chi connectivity index (χ0n) is 12.9. The van der Waals surface area contributed by atoms with Crippen molar-refractivity contribution in [2.45, 2.75) is 51.8 Å². The fourth-order valence-corrected chi connectivity index (χ4v) is 3.63. The standard InChI is InChI=1S/C17H26N2O/c1-12-7-13(9-18)10-19(12)11-15-6-4-5-14-8-17(2,3)20-16(14)15/h4-6,12-13H,7-11,18H2,1-3H3. The van der Waals surface area contributed by atoms with Crippen LogP contribution in [-0.4, -0.2) is 29.6 Å². The zero-order valence-corrected chi connectivity index (χ0v) is 12.9. The van der Waals surface area contributed by atoms with E-state index in [9.17, 15) is 0 Å². The summed E-state index contributed by atoms with van der Waals surface area (Å²) < 4.78 is 6.17. The SMILES string of the molecule is CC1CC(CN)CN1Cc1cccc2c1OC(C)(C)C2. The number of rotatable bonds is 3. The van der Waals surface area contributed by atoms with Crippen molar-refractivity contribution in [3.63, 3.8) is 0 Å². The molecule has 0 amide bonds. The predicted molar refractivity (Wildman–Crippen MR) is 81.9 cm³/mol. The van der Waals surface area contributed by atoms with Crippen LogP contribution in [0.5, 0.6) is 5.75 Å². The fraction of sp³-hybridized carbons (Fsp3) is 0.647. The average Bonchev–Trinajstić information content (AvgIpc) is 2.89. The molecular formula is C17H26N2O. The van der Waals surface area contributed by atoms with Crippen molar-refractivity contribution < 1.29 is 4.74 Å². The van der Waals surface area contributed by atoms with Gasteiger partial charge in [-0.3, -0.25) is 4.90 Å². The highest BCUT2D eigenvalue weighted by atomic mass is 16.5. The van der Waals surface area contributed by atoms with Gasteiger partial charge in [0.05, 0.1) is 0 Å². The molecule has 0 saturated carbocycles. The first-order valence-electron chi connectivity index (χ1n) is 7.72. The molecule has 3 rings (SSSR count). The van der Waals surface area contributed by atoms with Crippen LogP contribution in [0.3, 0.4) is 0 Å². The first-order chi connectivity index (χ1) is 9.48. The van der Waals surface area contributed by atoms with Crippen LogP contribution >= 0.6 is 0 Å². The zero-order chi connectivity index (χ0) is 14.3. The molecule has 2 N–H and O–H groups in total. The van der Waals surface area contributed by atoms with E-state index in [1.807, 2.05) is 0 Å². The van der Waals surface area contributed by atoms with Crippen LogP contribution in [0.1, 0.15) is 38.3 Å². The maximum absolute atomic E-state index is 6.17. The molecule has 0 aliphatic carbocycles. The Kier molecular flexibility index (Phi) is 3.51. The number of nitrogens with zero attached hydrogens (tertiary/aromatic N) is 1. The van der Waals surface area contributed by atoms with Gasteiger partial charge in [0.25, 0.3) is 0 Å². The van der Waals surface area contributed by atoms with Gasteiger partial charge in [0.15, 0.2) is 0 Å². The predicted octanol–water partition coefficient (Wildman–Crippen LogP) is 2.57. The molecule has 3 heteroatoms. The molecule has 2 aliphatic rings. The van der Waals surface area contributed by atoms with E-state index >= 15 is 0 Å². The van der Waals surface area contributed by atoms with E-state index in [4.69, 9.17) is 10.5 Å². The summed E-state index contributed by atoms with van der Waals surface area (Å²) in [7, 11) is 0. The van der Waals surface area contributed by atoms with Crippen LogP contribution < -0.4 is 10.5 Å². The van der Waals surface area contributed by atoms with E-state index in [2.05, 4.69) is 43.9 Å². The maximum atomic E-state index is 6.17. The normalized spacial score (nSPS) is 28.4. The molecule has 0 radical (unpaired) electrons. The van der Waals surface area contributed by atoms with Crippen LogP contribution in [0.25, 0.3) is 0 Å². The second-order valence-corrected chi connectivity index (χ2v) is 7.06. The number of likely N-dealkylation sites (tertiary alicyclic amines) is 1. The van der Waals surface area contributed by atoms with Gasteiger partial charge in [0.2, 0.25) is 0 Å². The molecule has 1 aromatic rings. The summed E-state index contributed by atoms with van der Waals surface area (Å²) in [6, 6.07) is 7.20. The molecule has 20 heavy (non-hydrogen) atoms. The van der Waals surface area contributed by atoms with Crippen LogP contribution in [-0.2, 0) is 13.0 Å². The molecule has 0 aromatic heterocycles. The molecule has 1 fully saturated rings. The summed E-state index contributed by atoms with van der Waals surface area (Å²) in [4.78, 5) is 2.54. The van der Waals surface area contributed by atoms with Crippen LogP contribution in [0.4, 0.5) is 0 Å². The molecule has 1 saturated heterocycles. The van der Waals surface area contributed by atoms with Crippen molar-refractivity contribution in [2.75, 3.05) is 13.1 Å². The molecule has 0 bridgehead atoms. The molecule has 2 heterocycles. The van der Waals surface area contributed by atoms with Crippen LogP contribution in [0.2, 0.25) is 0 Å². The minimum Gasteiger partial charge on any atom is -0.487 e. The molecule has 3 nitrogen and oxygen atoms in total. The second kappa shape index (κ2) is 5.05. The summed E-state index contributed by atoms with van der Waals surface area (Å²) in [6.45, 7) is 9.54. The van der Waals surface area contributed by atoms with Crippen molar-refractivity contribution in [3.05, 3.63) is 29.3 Å². The van der Waals surface area contributed by atoms with Crippen LogP contribution in [0, 0.1) is 5.92 Å². The van der Waals surface area contributed by atoms with Crippen molar-refractivity contribution >= 4 is 0 Å². The quantitative estimate of drug-likeness (QED) is 0.920. The third kappa shape index (κ3) is 2.57. The Labute approximate surface area is 122 Å². The summed E-state index contributed by atoms with van der Waals surface area (Å²) in [5, 5.41) is 0. The lowest BCUT2D eigenvalue weighted by Crippen LogP contribution is -2.28. The Morgan fingerprint density at radius 1 is 1.40 bits per heavy atom. The Hall–Kier alpha value is -1.06. The number of hydrogen-bond acceptors (Lipinski definition) is 3. The lowest BCUT2D eigenvalue weighted by molar-refractivity contribution is 0.135. The summed E-state index contributed by atoms with van der Waals surface area (Å²) in [6.07, 6.45) is 2.23. The van der Waals surface area contributed by atoms with Gasteiger partial charge >= 0.3 is 0 Å². The third-order valence-corrected chi connectivity index (χ3v) is 4.67. The number of para-hydroxylation sites is 1. The average molecular weight is 274 g/mol. The molecule has 1 aromatic carbocycles. The molecule has 110 valence electrons. The molecule has 0 spiro atoms.